The van der Waals surface area contributed by atoms with Crippen LogP contribution in [0.5, 0.6) is 0 Å². The van der Waals surface area contributed by atoms with Gasteiger partial charge >= 0.3 is 0 Å². The lowest BCUT2D eigenvalue weighted by Gasteiger charge is -2.49. The highest BCUT2D eigenvalue weighted by Gasteiger charge is 2.60. The topological polar surface area (TPSA) is 29.4 Å². The van der Waals surface area contributed by atoms with Crippen molar-refractivity contribution in [3.05, 3.63) is 0 Å². The molecule has 1 aliphatic carbocycles. The van der Waals surface area contributed by atoms with Crippen LogP contribution in [-0.2, 0) is 4.79 Å². The van der Waals surface area contributed by atoms with E-state index in [0.717, 1.165) is 24.3 Å². The Kier molecular flexibility index (Phi) is 2.86. The van der Waals surface area contributed by atoms with Crippen LogP contribution in [0.2, 0.25) is 0 Å². The van der Waals surface area contributed by atoms with Gasteiger partial charge in [-0.15, -0.1) is 0 Å². The van der Waals surface area contributed by atoms with E-state index in [1.54, 1.807) is 0 Å². The molecule has 15 heavy (non-hydrogen) atoms. The van der Waals surface area contributed by atoms with Crippen LogP contribution in [0.3, 0.4) is 0 Å². The molecule has 1 saturated heterocycles. The summed E-state index contributed by atoms with van der Waals surface area (Å²) in [5.41, 5.74) is -0.785. The number of alkyl halides is 2. The summed E-state index contributed by atoms with van der Waals surface area (Å²) in [5.74, 6) is -0.483. The van der Waals surface area contributed by atoms with Crippen LogP contribution in [0.4, 0.5) is 8.78 Å². The van der Waals surface area contributed by atoms with E-state index in [0.29, 0.717) is 0 Å². The molecule has 2 aliphatic rings. The Labute approximate surface area is 91.5 Å². The summed E-state index contributed by atoms with van der Waals surface area (Å²) in [7, 11) is 0. The molecule has 0 aromatic carbocycles. The standard InChI is InChI=1S/C10H13F2NOS/c11-10(12)5-9(6-10,13-7-14)8-1-3-15-4-2-8/h8H,1-6H2. The van der Waals surface area contributed by atoms with Gasteiger partial charge in [-0.25, -0.2) is 13.6 Å². The van der Waals surface area contributed by atoms with Crippen LogP contribution in [0, 0.1) is 5.92 Å². The van der Waals surface area contributed by atoms with Crippen LogP contribution >= 0.6 is 11.8 Å². The van der Waals surface area contributed by atoms with Crippen molar-refractivity contribution in [2.24, 2.45) is 10.9 Å². The lowest BCUT2D eigenvalue weighted by molar-refractivity contribution is -0.138. The molecule has 0 radical (unpaired) electrons. The average molecular weight is 233 g/mol. The van der Waals surface area contributed by atoms with Crippen LogP contribution < -0.4 is 0 Å². The minimum atomic E-state index is -2.62. The van der Waals surface area contributed by atoms with E-state index in [2.05, 4.69) is 4.99 Å². The van der Waals surface area contributed by atoms with E-state index < -0.39 is 11.5 Å². The lowest BCUT2D eigenvalue weighted by Crippen LogP contribution is -2.55. The van der Waals surface area contributed by atoms with Gasteiger partial charge in [0, 0.05) is 12.8 Å². The predicted molar refractivity (Wildman–Crippen MR) is 55.1 cm³/mol. The van der Waals surface area contributed by atoms with E-state index in [-0.39, 0.29) is 18.8 Å². The molecule has 0 aromatic heterocycles. The Bertz CT molecular complexity index is 288. The van der Waals surface area contributed by atoms with Crippen molar-refractivity contribution < 1.29 is 13.6 Å². The van der Waals surface area contributed by atoms with E-state index >= 15 is 0 Å². The van der Waals surface area contributed by atoms with Crippen LogP contribution in [0.15, 0.2) is 4.99 Å². The highest BCUT2D eigenvalue weighted by molar-refractivity contribution is 7.99. The third-order valence-corrected chi connectivity index (χ3v) is 4.43. The van der Waals surface area contributed by atoms with Gasteiger partial charge in [0.25, 0.3) is 5.92 Å². The van der Waals surface area contributed by atoms with Crippen molar-refractivity contribution in [2.75, 3.05) is 11.5 Å². The first-order valence-electron chi connectivity index (χ1n) is 5.13. The smallest absolute Gasteiger partial charge is 0.211 e. The zero-order valence-electron chi connectivity index (χ0n) is 8.34. The molecule has 0 amide bonds. The minimum Gasteiger partial charge on any atom is -0.211 e. The maximum absolute atomic E-state index is 12.9. The normalized spacial score (nSPS) is 28.9. The van der Waals surface area contributed by atoms with Gasteiger partial charge < -0.3 is 0 Å². The number of hydrogen-bond donors (Lipinski definition) is 0. The number of aliphatic imine (C=N–C) groups is 1. The SMILES string of the molecule is O=C=NC1(C2CCSCC2)CC(F)(F)C1. The summed E-state index contributed by atoms with van der Waals surface area (Å²) in [5, 5.41) is 0. The molecular weight excluding hydrogens is 220 g/mol. The van der Waals surface area contributed by atoms with Gasteiger partial charge in [0.15, 0.2) is 0 Å². The largest absolute Gasteiger partial charge is 0.252 e. The Morgan fingerprint density at radius 2 is 1.87 bits per heavy atom. The molecule has 1 aliphatic heterocycles. The van der Waals surface area contributed by atoms with E-state index in [1.807, 2.05) is 11.8 Å². The molecule has 2 rings (SSSR count). The summed E-state index contributed by atoms with van der Waals surface area (Å²) in [6.07, 6.45) is 2.75. The number of thioether (sulfide) groups is 1. The van der Waals surface area contributed by atoms with E-state index in [9.17, 15) is 13.6 Å². The van der Waals surface area contributed by atoms with Gasteiger partial charge in [0.05, 0.1) is 5.54 Å². The summed E-state index contributed by atoms with van der Waals surface area (Å²) in [6, 6.07) is 0. The monoisotopic (exact) mass is 233 g/mol. The minimum absolute atomic E-state index is 0.153. The van der Waals surface area contributed by atoms with Crippen LogP contribution in [-0.4, -0.2) is 29.0 Å². The maximum atomic E-state index is 12.9. The van der Waals surface area contributed by atoms with Crippen molar-refractivity contribution in [1.82, 2.24) is 0 Å². The molecule has 2 nitrogen and oxygen atoms in total. The molecule has 84 valence electrons. The molecule has 5 heteroatoms. The molecule has 0 N–H and O–H groups in total. The summed E-state index contributed by atoms with van der Waals surface area (Å²) >= 11 is 1.84. The Morgan fingerprint density at radius 3 is 2.33 bits per heavy atom. The molecule has 1 heterocycles. The quantitative estimate of drug-likeness (QED) is 0.542. The van der Waals surface area contributed by atoms with Crippen molar-refractivity contribution in [3.63, 3.8) is 0 Å². The zero-order chi connectivity index (χ0) is 10.9. The molecule has 0 bridgehead atoms. The lowest BCUT2D eigenvalue weighted by atomic mass is 9.64. The number of halogens is 2. The molecule has 0 unspecified atom stereocenters. The van der Waals surface area contributed by atoms with Crippen molar-refractivity contribution in [2.45, 2.75) is 37.1 Å². The Balaban J connectivity index is 2.10. The van der Waals surface area contributed by atoms with Crippen LogP contribution in [0.25, 0.3) is 0 Å². The number of carbonyl (C=O) groups excluding carboxylic acids is 1. The second-order valence-electron chi connectivity index (χ2n) is 4.40. The fourth-order valence-corrected chi connectivity index (χ4v) is 3.74. The second kappa shape index (κ2) is 3.87. The van der Waals surface area contributed by atoms with Gasteiger partial charge in [0.1, 0.15) is 0 Å². The fraction of sp³-hybridized carbons (Fsp3) is 0.900. The highest BCUT2D eigenvalue weighted by atomic mass is 32.2. The summed E-state index contributed by atoms with van der Waals surface area (Å²) in [4.78, 5) is 14.0. The number of nitrogens with zero attached hydrogens (tertiary/aromatic N) is 1. The van der Waals surface area contributed by atoms with E-state index in [1.165, 1.54) is 6.08 Å². The molecule has 0 aromatic rings. The fourth-order valence-electron chi connectivity index (χ4n) is 2.63. The molecular formula is C10H13F2NOS. The number of hydrogen-bond acceptors (Lipinski definition) is 3. The third-order valence-electron chi connectivity index (χ3n) is 3.38. The number of rotatable bonds is 2. The first-order chi connectivity index (χ1) is 7.08. The van der Waals surface area contributed by atoms with Gasteiger partial charge in [-0.2, -0.15) is 16.8 Å². The first-order valence-corrected chi connectivity index (χ1v) is 6.28. The molecule has 1 saturated carbocycles. The van der Waals surface area contributed by atoms with Gasteiger partial charge in [-0.3, -0.25) is 0 Å². The average Bonchev–Trinajstić information content (AvgIpc) is 2.16. The maximum Gasteiger partial charge on any atom is 0.252 e. The van der Waals surface area contributed by atoms with Gasteiger partial charge in [-0.05, 0) is 30.3 Å². The predicted octanol–water partition coefficient (Wildman–Crippen LogP) is 2.63. The Hall–Kier alpha value is -0.410. The molecule has 0 spiro atoms. The van der Waals surface area contributed by atoms with Crippen LogP contribution in [0.1, 0.15) is 25.7 Å². The second-order valence-corrected chi connectivity index (χ2v) is 5.63. The van der Waals surface area contributed by atoms with Crippen molar-refractivity contribution in [1.29, 1.82) is 0 Å². The Morgan fingerprint density at radius 1 is 1.27 bits per heavy atom. The first kappa shape index (κ1) is 11.1. The van der Waals surface area contributed by atoms with Crippen molar-refractivity contribution >= 4 is 17.8 Å². The van der Waals surface area contributed by atoms with Gasteiger partial charge in [0.2, 0.25) is 6.08 Å². The highest BCUT2D eigenvalue weighted by Crippen LogP contribution is 2.54. The summed E-state index contributed by atoms with van der Waals surface area (Å²) < 4.78 is 25.8. The third kappa shape index (κ3) is 2.08. The van der Waals surface area contributed by atoms with E-state index in [4.69, 9.17) is 0 Å². The zero-order valence-corrected chi connectivity index (χ0v) is 9.16. The number of isocyanates is 1. The van der Waals surface area contributed by atoms with Crippen molar-refractivity contribution in [3.8, 4) is 0 Å². The summed E-state index contributed by atoms with van der Waals surface area (Å²) in [6.45, 7) is 0. The molecule has 0 atom stereocenters. The molecule has 2 fully saturated rings. The van der Waals surface area contributed by atoms with Gasteiger partial charge in [-0.1, -0.05) is 0 Å².